The van der Waals surface area contributed by atoms with E-state index in [4.69, 9.17) is 17.3 Å². The standard InChI is InChI=1S/C17H14ClNO2.C8H18N2/c18-14-7-5-12(6-8-14)9-10-19-15-4-2-1-3-13(15)11-16(19)17(20)21;1-7(2)10-5-3-8(9)4-6-10/h1-8,11H,9-10H2,(H,20,21);7-8H,3-6,9H2,1-2H3. The van der Waals surface area contributed by atoms with Gasteiger partial charge in [-0.2, -0.15) is 0 Å². The molecule has 0 radical (unpaired) electrons. The van der Waals surface area contributed by atoms with Crippen molar-refractivity contribution in [2.45, 2.75) is 51.7 Å². The molecule has 1 aliphatic heterocycles. The number of piperidine rings is 1. The normalized spacial score (nSPS) is 15.1. The molecular weight excluding hydrogens is 410 g/mol. The first-order valence-corrected chi connectivity index (χ1v) is 11.3. The number of fused-ring (bicyclic) bond motifs is 1. The van der Waals surface area contributed by atoms with Gasteiger partial charge in [-0.25, -0.2) is 4.79 Å². The van der Waals surface area contributed by atoms with Gasteiger partial charge in [0.15, 0.2) is 0 Å². The summed E-state index contributed by atoms with van der Waals surface area (Å²) >= 11 is 5.87. The summed E-state index contributed by atoms with van der Waals surface area (Å²) in [5.74, 6) is -0.901. The van der Waals surface area contributed by atoms with Crippen LogP contribution in [0.1, 0.15) is 42.7 Å². The lowest BCUT2D eigenvalue weighted by Crippen LogP contribution is -2.42. The van der Waals surface area contributed by atoms with Crippen molar-refractivity contribution >= 4 is 28.5 Å². The van der Waals surface area contributed by atoms with Crippen molar-refractivity contribution in [1.82, 2.24) is 9.47 Å². The van der Waals surface area contributed by atoms with E-state index in [0.29, 0.717) is 29.3 Å². The summed E-state index contributed by atoms with van der Waals surface area (Å²) in [7, 11) is 0. The van der Waals surface area contributed by atoms with E-state index in [2.05, 4.69) is 18.7 Å². The third-order valence-corrected chi connectivity index (χ3v) is 6.12. The topological polar surface area (TPSA) is 71.5 Å². The minimum Gasteiger partial charge on any atom is -0.477 e. The number of carbonyl (C=O) groups is 1. The molecule has 5 nitrogen and oxygen atoms in total. The number of carboxylic acids is 1. The molecule has 0 unspecified atom stereocenters. The summed E-state index contributed by atoms with van der Waals surface area (Å²) in [5.41, 5.74) is 8.18. The predicted octanol–water partition coefficient (Wildman–Crippen LogP) is 5.05. The van der Waals surface area contributed by atoms with E-state index in [0.717, 1.165) is 22.9 Å². The quantitative estimate of drug-likeness (QED) is 0.580. The lowest BCUT2D eigenvalue weighted by Gasteiger charge is -2.32. The Morgan fingerprint density at radius 2 is 1.77 bits per heavy atom. The zero-order valence-corrected chi connectivity index (χ0v) is 19.1. The molecule has 0 spiro atoms. The second kappa shape index (κ2) is 10.8. The number of hydrogen-bond acceptors (Lipinski definition) is 3. The highest BCUT2D eigenvalue weighted by atomic mass is 35.5. The second-order valence-corrected chi connectivity index (χ2v) is 8.83. The number of hydrogen-bond donors (Lipinski definition) is 2. The fourth-order valence-electron chi connectivity index (χ4n) is 3.96. The molecule has 3 N–H and O–H groups in total. The number of aromatic nitrogens is 1. The smallest absolute Gasteiger partial charge is 0.352 e. The Labute approximate surface area is 189 Å². The average Bonchev–Trinajstić information content (AvgIpc) is 3.13. The number of nitrogens with zero attached hydrogens (tertiary/aromatic N) is 2. The molecule has 1 aromatic heterocycles. The van der Waals surface area contributed by atoms with E-state index >= 15 is 0 Å². The molecule has 166 valence electrons. The number of halogens is 1. The van der Waals surface area contributed by atoms with Gasteiger partial charge in [0.2, 0.25) is 0 Å². The molecule has 6 heteroatoms. The Morgan fingerprint density at radius 1 is 1.13 bits per heavy atom. The van der Waals surface area contributed by atoms with Gasteiger partial charge in [-0.15, -0.1) is 0 Å². The molecule has 1 saturated heterocycles. The average molecular weight is 442 g/mol. The molecule has 0 aliphatic carbocycles. The summed E-state index contributed by atoms with van der Waals surface area (Å²) < 4.78 is 1.85. The number of aromatic carboxylic acids is 1. The number of para-hydroxylation sites is 1. The van der Waals surface area contributed by atoms with Crippen LogP contribution >= 0.6 is 11.6 Å². The molecule has 3 aromatic rings. The van der Waals surface area contributed by atoms with Crippen LogP contribution in [-0.4, -0.2) is 45.7 Å². The molecule has 0 saturated carbocycles. The number of rotatable bonds is 5. The van der Waals surface area contributed by atoms with Crippen LogP contribution in [0.5, 0.6) is 0 Å². The number of likely N-dealkylation sites (tertiary alicyclic amines) is 1. The number of aryl methyl sites for hydroxylation is 2. The van der Waals surface area contributed by atoms with E-state index in [-0.39, 0.29) is 0 Å². The minimum atomic E-state index is -0.901. The number of nitrogens with two attached hydrogens (primary N) is 1. The van der Waals surface area contributed by atoms with Crippen LogP contribution in [0.15, 0.2) is 54.6 Å². The minimum absolute atomic E-state index is 0.324. The van der Waals surface area contributed by atoms with Gasteiger partial charge in [0.05, 0.1) is 0 Å². The second-order valence-electron chi connectivity index (χ2n) is 8.39. The molecular formula is C25H32ClN3O2. The third kappa shape index (κ3) is 6.33. The maximum Gasteiger partial charge on any atom is 0.352 e. The van der Waals surface area contributed by atoms with Crippen molar-refractivity contribution in [2.24, 2.45) is 5.73 Å². The Balaban J connectivity index is 0.000000229. The van der Waals surface area contributed by atoms with Crippen molar-refractivity contribution in [1.29, 1.82) is 0 Å². The molecule has 2 aromatic carbocycles. The van der Waals surface area contributed by atoms with Gasteiger partial charge in [-0.1, -0.05) is 41.9 Å². The van der Waals surface area contributed by atoms with Crippen molar-refractivity contribution in [2.75, 3.05) is 13.1 Å². The lowest BCUT2D eigenvalue weighted by atomic mass is 10.1. The Morgan fingerprint density at radius 3 is 2.39 bits per heavy atom. The highest BCUT2D eigenvalue weighted by molar-refractivity contribution is 6.30. The third-order valence-electron chi connectivity index (χ3n) is 5.87. The highest BCUT2D eigenvalue weighted by Gasteiger charge is 2.17. The molecule has 31 heavy (non-hydrogen) atoms. The first-order chi connectivity index (χ1) is 14.8. The van der Waals surface area contributed by atoms with E-state index in [1.54, 1.807) is 6.07 Å². The van der Waals surface area contributed by atoms with Crippen molar-refractivity contribution in [3.8, 4) is 0 Å². The fraction of sp³-hybridized carbons (Fsp3) is 0.400. The van der Waals surface area contributed by atoms with Crippen LogP contribution in [0.4, 0.5) is 0 Å². The van der Waals surface area contributed by atoms with Crippen molar-refractivity contribution in [3.63, 3.8) is 0 Å². The summed E-state index contributed by atoms with van der Waals surface area (Å²) in [4.78, 5) is 13.9. The predicted molar refractivity (Wildman–Crippen MR) is 128 cm³/mol. The summed E-state index contributed by atoms with van der Waals surface area (Å²) in [5, 5.41) is 11.0. The number of benzene rings is 2. The Hall–Kier alpha value is -2.34. The molecule has 0 amide bonds. The molecule has 1 aliphatic rings. The summed E-state index contributed by atoms with van der Waals surface area (Å²) in [6.07, 6.45) is 3.12. The van der Waals surface area contributed by atoms with Crippen LogP contribution in [0.2, 0.25) is 5.02 Å². The first kappa shape index (κ1) is 23.3. The van der Waals surface area contributed by atoms with Gasteiger partial charge in [-0.05, 0) is 76.0 Å². The van der Waals surface area contributed by atoms with Gasteiger partial charge in [-0.3, -0.25) is 0 Å². The molecule has 1 fully saturated rings. The largest absolute Gasteiger partial charge is 0.477 e. The highest BCUT2D eigenvalue weighted by Crippen LogP contribution is 2.21. The Kier molecular flexibility index (Phi) is 8.13. The van der Waals surface area contributed by atoms with E-state index in [9.17, 15) is 9.90 Å². The van der Waals surface area contributed by atoms with Crippen LogP contribution in [0.3, 0.4) is 0 Å². The van der Waals surface area contributed by atoms with E-state index in [1.807, 2.05) is 53.1 Å². The summed E-state index contributed by atoms with van der Waals surface area (Å²) in [6.45, 7) is 7.50. The summed E-state index contributed by atoms with van der Waals surface area (Å²) in [6, 6.07) is 18.2. The fourth-order valence-corrected chi connectivity index (χ4v) is 4.08. The van der Waals surface area contributed by atoms with Gasteiger partial charge >= 0.3 is 5.97 Å². The SMILES string of the molecule is CC(C)N1CCC(N)CC1.O=C(O)c1cc2ccccc2n1CCc1ccc(Cl)cc1. The monoisotopic (exact) mass is 441 g/mol. The van der Waals surface area contributed by atoms with Crippen LogP contribution < -0.4 is 5.73 Å². The molecule has 0 atom stereocenters. The van der Waals surface area contributed by atoms with Crippen LogP contribution in [0, 0.1) is 0 Å². The zero-order chi connectivity index (χ0) is 22.4. The maximum atomic E-state index is 11.4. The zero-order valence-electron chi connectivity index (χ0n) is 18.3. The maximum absolute atomic E-state index is 11.4. The van der Waals surface area contributed by atoms with Gasteiger partial charge in [0, 0.05) is 34.6 Å². The molecule has 2 heterocycles. The van der Waals surface area contributed by atoms with Gasteiger partial charge in [0.1, 0.15) is 5.69 Å². The van der Waals surface area contributed by atoms with Crippen molar-refractivity contribution < 1.29 is 9.90 Å². The van der Waals surface area contributed by atoms with Crippen LogP contribution in [-0.2, 0) is 13.0 Å². The lowest BCUT2D eigenvalue weighted by molar-refractivity contribution is 0.0685. The molecule has 4 rings (SSSR count). The molecule has 0 bridgehead atoms. The van der Waals surface area contributed by atoms with Crippen molar-refractivity contribution in [3.05, 3.63) is 70.9 Å². The van der Waals surface area contributed by atoms with Gasteiger partial charge in [0.25, 0.3) is 0 Å². The van der Waals surface area contributed by atoms with E-state index in [1.165, 1.54) is 25.9 Å². The van der Waals surface area contributed by atoms with E-state index < -0.39 is 5.97 Å². The van der Waals surface area contributed by atoms with Crippen LogP contribution in [0.25, 0.3) is 10.9 Å². The van der Waals surface area contributed by atoms with Gasteiger partial charge < -0.3 is 20.3 Å². The Bertz CT molecular complexity index is 990. The first-order valence-electron chi connectivity index (χ1n) is 10.9. The number of carboxylic acid groups (broad SMARTS) is 1.